The second kappa shape index (κ2) is 4.79. The minimum absolute atomic E-state index is 0.0718. The van der Waals surface area contributed by atoms with Gasteiger partial charge in [-0.05, 0) is 43.2 Å². The fourth-order valence-electron chi connectivity index (χ4n) is 3.42. The highest BCUT2D eigenvalue weighted by Gasteiger charge is 2.45. The minimum atomic E-state index is -3.75. The Morgan fingerprint density at radius 1 is 1.30 bits per heavy atom. The van der Waals surface area contributed by atoms with Crippen LogP contribution in [-0.2, 0) is 10.0 Å². The number of nitrogens with two attached hydrogens (primary N) is 1. The summed E-state index contributed by atoms with van der Waals surface area (Å²) < 4.78 is 40.7. The molecule has 110 valence electrons. The highest BCUT2D eigenvalue weighted by Crippen LogP contribution is 2.39. The molecular weight excluding hydrogens is 279 g/mol. The Hall–Kier alpha value is -0.980. The third-order valence-corrected chi connectivity index (χ3v) is 6.50. The highest BCUT2D eigenvalue weighted by atomic mass is 32.2. The standard InChI is InChI=1S/C14H19FN2O2S/c1-9-3-2-4-13(14(9)15)20(18,19)17-7-10-5-6-12(16)11(10)8-17/h2-4,10-12H,5-8,16H2,1H3. The van der Waals surface area contributed by atoms with E-state index in [1.165, 1.54) is 10.4 Å². The van der Waals surface area contributed by atoms with E-state index in [0.717, 1.165) is 12.8 Å². The summed E-state index contributed by atoms with van der Waals surface area (Å²) in [5, 5.41) is 0. The SMILES string of the molecule is Cc1cccc(S(=O)(=O)N2CC3CCC(N)C3C2)c1F. The molecule has 3 atom stereocenters. The first-order chi connectivity index (χ1) is 9.41. The van der Waals surface area contributed by atoms with Gasteiger partial charge in [0, 0.05) is 19.1 Å². The third-order valence-electron chi connectivity index (χ3n) is 4.65. The quantitative estimate of drug-likeness (QED) is 0.900. The van der Waals surface area contributed by atoms with Crippen LogP contribution in [0, 0.1) is 24.6 Å². The molecule has 4 nitrogen and oxygen atoms in total. The first kappa shape index (κ1) is 14.0. The molecule has 0 aromatic heterocycles. The van der Waals surface area contributed by atoms with Crippen LogP contribution in [-0.4, -0.2) is 31.9 Å². The normalized spacial score (nSPS) is 30.6. The molecule has 1 saturated heterocycles. The van der Waals surface area contributed by atoms with Crippen LogP contribution in [0.2, 0.25) is 0 Å². The van der Waals surface area contributed by atoms with Gasteiger partial charge in [-0.3, -0.25) is 0 Å². The molecule has 1 aliphatic carbocycles. The summed E-state index contributed by atoms with van der Waals surface area (Å²) in [6.45, 7) is 2.46. The molecule has 0 amide bonds. The number of nitrogens with zero attached hydrogens (tertiary/aromatic N) is 1. The monoisotopic (exact) mass is 298 g/mol. The predicted molar refractivity (Wildman–Crippen MR) is 74.1 cm³/mol. The Kier molecular flexibility index (Phi) is 3.35. The fourth-order valence-corrected chi connectivity index (χ4v) is 5.09. The number of fused-ring (bicyclic) bond motifs is 1. The number of rotatable bonds is 2. The summed E-state index contributed by atoms with van der Waals surface area (Å²) in [5.41, 5.74) is 6.37. The van der Waals surface area contributed by atoms with Crippen molar-refractivity contribution in [3.63, 3.8) is 0 Å². The van der Waals surface area contributed by atoms with Crippen molar-refractivity contribution in [2.24, 2.45) is 17.6 Å². The topological polar surface area (TPSA) is 63.4 Å². The van der Waals surface area contributed by atoms with E-state index in [4.69, 9.17) is 5.73 Å². The van der Waals surface area contributed by atoms with E-state index in [1.54, 1.807) is 19.1 Å². The van der Waals surface area contributed by atoms with Crippen LogP contribution in [0.15, 0.2) is 23.1 Å². The number of hydrogen-bond donors (Lipinski definition) is 1. The summed E-state index contributed by atoms with van der Waals surface area (Å²) in [7, 11) is -3.75. The van der Waals surface area contributed by atoms with E-state index in [0.29, 0.717) is 24.6 Å². The first-order valence-electron chi connectivity index (χ1n) is 6.92. The van der Waals surface area contributed by atoms with Gasteiger partial charge in [0.15, 0.2) is 0 Å². The van der Waals surface area contributed by atoms with Crippen molar-refractivity contribution in [3.05, 3.63) is 29.6 Å². The number of halogens is 1. The van der Waals surface area contributed by atoms with E-state index >= 15 is 0 Å². The Labute approximate surface area is 118 Å². The lowest BCUT2D eigenvalue weighted by Gasteiger charge is -2.19. The maximum Gasteiger partial charge on any atom is 0.246 e. The molecule has 0 radical (unpaired) electrons. The first-order valence-corrected chi connectivity index (χ1v) is 8.36. The number of benzene rings is 1. The van der Waals surface area contributed by atoms with Crippen molar-refractivity contribution >= 4 is 10.0 Å². The third kappa shape index (κ3) is 2.06. The molecule has 6 heteroatoms. The smallest absolute Gasteiger partial charge is 0.246 e. The van der Waals surface area contributed by atoms with Gasteiger partial charge in [-0.25, -0.2) is 12.8 Å². The number of aryl methyl sites for hydroxylation is 1. The zero-order valence-corrected chi connectivity index (χ0v) is 12.2. The molecule has 1 heterocycles. The van der Waals surface area contributed by atoms with E-state index < -0.39 is 15.8 Å². The summed E-state index contributed by atoms with van der Waals surface area (Å²) >= 11 is 0. The van der Waals surface area contributed by atoms with Crippen molar-refractivity contribution in [1.29, 1.82) is 0 Å². The predicted octanol–water partition coefficient (Wildman–Crippen LogP) is 1.49. The lowest BCUT2D eigenvalue weighted by atomic mass is 9.98. The van der Waals surface area contributed by atoms with Crippen LogP contribution in [0.25, 0.3) is 0 Å². The molecule has 2 fully saturated rings. The van der Waals surface area contributed by atoms with E-state index in [9.17, 15) is 12.8 Å². The average Bonchev–Trinajstić information content (AvgIpc) is 2.96. The maximum atomic E-state index is 14.1. The lowest BCUT2D eigenvalue weighted by molar-refractivity contribution is 0.424. The number of hydrogen-bond acceptors (Lipinski definition) is 3. The zero-order chi connectivity index (χ0) is 14.5. The highest BCUT2D eigenvalue weighted by molar-refractivity contribution is 7.89. The van der Waals surface area contributed by atoms with Crippen molar-refractivity contribution in [1.82, 2.24) is 4.31 Å². The van der Waals surface area contributed by atoms with Gasteiger partial charge in [0.05, 0.1) is 0 Å². The van der Waals surface area contributed by atoms with E-state index in [1.807, 2.05) is 0 Å². The molecule has 3 unspecified atom stereocenters. The van der Waals surface area contributed by atoms with Gasteiger partial charge in [0.1, 0.15) is 10.7 Å². The van der Waals surface area contributed by atoms with Crippen molar-refractivity contribution < 1.29 is 12.8 Å². The van der Waals surface area contributed by atoms with E-state index in [2.05, 4.69) is 0 Å². The van der Waals surface area contributed by atoms with Gasteiger partial charge < -0.3 is 5.73 Å². The van der Waals surface area contributed by atoms with Gasteiger partial charge in [0.2, 0.25) is 10.0 Å². The Morgan fingerprint density at radius 3 is 2.75 bits per heavy atom. The maximum absolute atomic E-state index is 14.1. The molecule has 2 N–H and O–H groups in total. The molecule has 20 heavy (non-hydrogen) atoms. The Bertz CT molecular complexity index is 632. The lowest BCUT2D eigenvalue weighted by Crippen LogP contribution is -2.34. The van der Waals surface area contributed by atoms with Crippen LogP contribution in [0.5, 0.6) is 0 Å². The van der Waals surface area contributed by atoms with E-state index in [-0.39, 0.29) is 16.9 Å². The molecule has 0 bridgehead atoms. The zero-order valence-electron chi connectivity index (χ0n) is 11.4. The van der Waals surface area contributed by atoms with Gasteiger partial charge in [-0.1, -0.05) is 12.1 Å². The van der Waals surface area contributed by atoms with Gasteiger partial charge in [-0.15, -0.1) is 0 Å². The van der Waals surface area contributed by atoms with Crippen LogP contribution in [0.1, 0.15) is 18.4 Å². The summed E-state index contributed by atoms with van der Waals surface area (Å²) in [6, 6.07) is 4.56. The van der Waals surface area contributed by atoms with Crippen LogP contribution < -0.4 is 5.73 Å². The van der Waals surface area contributed by atoms with Crippen molar-refractivity contribution in [2.45, 2.75) is 30.7 Å². The molecule has 0 spiro atoms. The fraction of sp³-hybridized carbons (Fsp3) is 0.571. The van der Waals surface area contributed by atoms with Crippen LogP contribution in [0.4, 0.5) is 4.39 Å². The Morgan fingerprint density at radius 2 is 2.05 bits per heavy atom. The van der Waals surface area contributed by atoms with Crippen LogP contribution >= 0.6 is 0 Å². The van der Waals surface area contributed by atoms with Gasteiger partial charge >= 0.3 is 0 Å². The van der Waals surface area contributed by atoms with Crippen LogP contribution in [0.3, 0.4) is 0 Å². The summed E-state index contributed by atoms with van der Waals surface area (Å²) in [4.78, 5) is -0.217. The molecule has 1 saturated carbocycles. The Balaban J connectivity index is 1.92. The second-order valence-electron chi connectivity index (χ2n) is 5.87. The molecule has 3 rings (SSSR count). The van der Waals surface area contributed by atoms with Crippen molar-refractivity contribution in [3.8, 4) is 0 Å². The minimum Gasteiger partial charge on any atom is -0.327 e. The van der Waals surface area contributed by atoms with Gasteiger partial charge in [0.25, 0.3) is 0 Å². The second-order valence-corrected chi connectivity index (χ2v) is 7.78. The summed E-state index contributed by atoms with van der Waals surface area (Å²) in [6.07, 6.45) is 1.93. The van der Waals surface area contributed by atoms with Gasteiger partial charge in [-0.2, -0.15) is 4.31 Å². The molecule has 1 aromatic rings. The molecule has 1 aromatic carbocycles. The van der Waals surface area contributed by atoms with Crippen molar-refractivity contribution in [2.75, 3.05) is 13.1 Å². The number of sulfonamides is 1. The average molecular weight is 298 g/mol. The molecular formula is C14H19FN2O2S. The largest absolute Gasteiger partial charge is 0.327 e. The molecule has 2 aliphatic rings. The molecule has 1 aliphatic heterocycles. The summed E-state index contributed by atoms with van der Waals surface area (Å²) in [5.74, 6) is -0.0980.